The van der Waals surface area contributed by atoms with Crippen molar-refractivity contribution in [3.05, 3.63) is 83.7 Å². The Kier molecular flexibility index (Phi) is 3.46. The average Bonchev–Trinajstić information content (AvgIpc) is 2.61. The van der Waals surface area contributed by atoms with E-state index in [1.54, 1.807) is 18.2 Å². The molecule has 0 aromatic heterocycles. The summed E-state index contributed by atoms with van der Waals surface area (Å²) in [5.41, 5.74) is -0.00128. The molecule has 0 aliphatic rings. The summed E-state index contributed by atoms with van der Waals surface area (Å²) in [5.74, 6) is -7.02. The van der Waals surface area contributed by atoms with Crippen LogP contribution in [0.1, 0.15) is 0 Å². The smallest absolute Gasteiger partial charge is 0.195 e. The summed E-state index contributed by atoms with van der Waals surface area (Å²) in [4.78, 5) is 0. The van der Waals surface area contributed by atoms with Gasteiger partial charge < -0.3 is 0 Å². The molecule has 0 aliphatic heterocycles. The van der Waals surface area contributed by atoms with E-state index in [1.807, 2.05) is 0 Å². The largest absolute Gasteiger partial charge is 0.206 e. The minimum atomic E-state index is -1.79. The first-order chi connectivity index (χ1) is 12.0. The van der Waals surface area contributed by atoms with Crippen molar-refractivity contribution < 1.29 is 22.0 Å². The fourth-order valence-electron chi connectivity index (χ4n) is 3.10. The molecule has 0 N–H and O–H groups in total. The van der Waals surface area contributed by atoms with Crippen molar-refractivity contribution in [2.75, 3.05) is 0 Å². The van der Waals surface area contributed by atoms with Crippen molar-refractivity contribution in [3.8, 4) is 11.1 Å². The van der Waals surface area contributed by atoms with Gasteiger partial charge in [-0.25, -0.2) is 22.0 Å². The standard InChI is InChI=1S/C20H9F5/c21-13-8-4-7-11-9-12-14(10-5-2-1-3-6-10)18(23)20(25)19(24)16(12)17(22)15(11)13/h1-9H. The highest BCUT2D eigenvalue weighted by atomic mass is 19.2. The normalized spacial score (nSPS) is 11.4. The van der Waals surface area contributed by atoms with Crippen LogP contribution in [-0.2, 0) is 0 Å². The molecule has 5 heteroatoms. The lowest BCUT2D eigenvalue weighted by molar-refractivity contribution is 0.453. The maximum atomic E-state index is 14.8. The fourth-order valence-corrected chi connectivity index (χ4v) is 3.10. The topological polar surface area (TPSA) is 0 Å². The number of fused-ring (bicyclic) bond motifs is 2. The van der Waals surface area contributed by atoms with Gasteiger partial charge in [0.25, 0.3) is 0 Å². The summed E-state index contributed by atoms with van der Waals surface area (Å²) >= 11 is 0. The van der Waals surface area contributed by atoms with E-state index in [9.17, 15) is 22.0 Å². The fraction of sp³-hybridized carbons (Fsp3) is 0. The van der Waals surface area contributed by atoms with Gasteiger partial charge in [-0.15, -0.1) is 0 Å². The van der Waals surface area contributed by atoms with Crippen LogP contribution in [0.25, 0.3) is 32.7 Å². The van der Waals surface area contributed by atoms with Crippen LogP contribution in [0.5, 0.6) is 0 Å². The predicted molar refractivity (Wildman–Crippen MR) is 86.7 cm³/mol. The molecule has 0 atom stereocenters. The van der Waals surface area contributed by atoms with Gasteiger partial charge in [0.05, 0.1) is 10.8 Å². The second-order valence-corrected chi connectivity index (χ2v) is 5.63. The number of hydrogen-bond acceptors (Lipinski definition) is 0. The summed E-state index contributed by atoms with van der Waals surface area (Å²) in [6.45, 7) is 0. The van der Waals surface area contributed by atoms with Crippen LogP contribution < -0.4 is 0 Å². The second kappa shape index (κ2) is 5.55. The molecular weight excluding hydrogens is 335 g/mol. The molecule has 0 bridgehead atoms. The third kappa shape index (κ3) is 2.19. The molecule has 0 fully saturated rings. The van der Waals surface area contributed by atoms with Gasteiger partial charge in [0.15, 0.2) is 17.5 Å². The molecule has 0 unspecified atom stereocenters. The summed E-state index contributed by atoms with van der Waals surface area (Å²) in [5, 5.41) is -1.25. The van der Waals surface area contributed by atoms with Gasteiger partial charge in [0.1, 0.15) is 11.6 Å². The molecule has 4 rings (SSSR count). The molecule has 0 spiro atoms. The van der Waals surface area contributed by atoms with E-state index in [0.717, 1.165) is 6.07 Å². The van der Waals surface area contributed by atoms with Crippen molar-refractivity contribution >= 4 is 21.5 Å². The van der Waals surface area contributed by atoms with E-state index in [-0.39, 0.29) is 21.9 Å². The van der Waals surface area contributed by atoms with Gasteiger partial charge in [0.2, 0.25) is 0 Å². The third-order valence-electron chi connectivity index (χ3n) is 4.21. The zero-order valence-corrected chi connectivity index (χ0v) is 12.6. The highest BCUT2D eigenvalue weighted by Crippen LogP contribution is 2.39. The van der Waals surface area contributed by atoms with Crippen LogP contribution in [0.2, 0.25) is 0 Å². The molecule has 0 nitrogen and oxygen atoms in total. The van der Waals surface area contributed by atoms with Crippen LogP contribution in [0, 0.1) is 29.1 Å². The second-order valence-electron chi connectivity index (χ2n) is 5.63. The SMILES string of the molecule is Fc1c(F)c(F)c2c(F)c3c(F)cccc3cc2c1-c1ccccc1. The van der Waals surface area contributed by atoms with E-state index in [4.69, 9.17) is 0 Å². The van der Waals surface area contributed by atoms with E-state index in [1.165, 1.54) is 30.3 Å². The summed E-state index contributed by atoms with van der Waals surface area (Å²) in [6.07, 6.45) is 0. The van der Waals surface area contributed by atoms with Crippen LogP contribution in [0.3, 0.4) is 0 Å². The van der Waals surface area contributed by atoms with E-state index < -0.39 is 39.9 Å². The third-order valence-corrected chi connectivity index (χ3v) is 4.21. The van der Waals surface area contributed by atoms with E-state index in [0.29, 0.717) is 0 Å². The highest BCUT2D eigenvalue weighted by Gasteiger charge is 2.25. The number of halogens is 5. The lowest BCUT2D eigenvalue weighted by Crippen LogP contribution is -2.00. The molecule has 0 aliphatic carbocycles. The molecule has 0 saturated carbocycles. The zero-order valence-electron chi connectivity index (χ0n) is 12.6. The molecule has 25 heavy (non-hydrogen) atoms. The minimum absolute atomic E-state index is 0.132. The molecular formula is C20H9F5. The van der Waals surface area contributed by atoms with Crippen LogP contribution in [-0.4, -0.2) is 0 Å². The Bertz CT molecular complexity index is 1130. The van der Waals surface area contributed by atoms with Crippen LogP contribution in [0.15, 0.2) is 54.6 Å². The molecule has 124 valence electrons. The first kappa shape index (κ1) is 15.6. The lowest BCUT2D eigenvalue weighted by Gasteiger charge is -2.13. The lowest BCUT2D eigenvalue weighted by atomic mass is 9.93. The Morgan fingerprint density at radius 2 is 1.28 bits per heavy atom. The molecule has 0 heterocycles. The van der Waals surface area contributed by atoms with Gasteiger partial charge in [-0.05, 0) is 28.5 Å². The Labute approximate surface area is 139 Å². The average molecular weight is 344 g/mol. The Hall–Kier alpha value is -2.95. The quantitative estimate of drug-likeness (QED) is 0.214. The van der Waals surface area contributed by atoms with Crippen molar-refractivity contribution in [1.29, 1.82) is 0 Å². The summed E-state index contributed by atoms with van der Waals surface area (Å²) in [7, 11) is 0. The molecule has 4 aromatic carbocycles. The van der Waals surface area contributed by atoms with Crippen LogP contribution >= 0.6 is 0 Å². The van der Waals surface area contributed by atoms with E-state index >= 15 is 0 Å². The van der Waals surface area contributed by atoms with Crippen LogP contribution in [0.4, 0.5) is 22.0 Å². The van der Waals surface area contributed by atoms with Gasteiger partial charge in [-0.1, -0.05) is 42.5 Å². The Morgan fingerprint density at radius 1 is 0.560 bits per heavy atom. The Balaban J connectivity index is 2.29. The number of hydrogen-bond donors (Lipinski definition) is 0. The maximum Gasteiger partial charge on any atom is 0.195 e. The van der Waals surface area contributed by atoms with Gasteiger partial charge >= 0.3 is 0 Å². The number of benzene rings is 4. The van der Waals surface area contributed by atoms with Crippen molar-refractivity contribution in [1.82, 2.24) is 0 Å². The summed E-state index contributed by atoms with van der Waals surface area (Å²) in [6, 6.07) is 13.0. The first-order valence-electron chi connectivity index (χ1n) is 7.43. The van der Waals surface area contributed by atoms with Crippen molar-refractivity contribution in [2.24, 2.45) is 0 Å². The van der Waals surface area contributed by atoms with Gasteiger partial charge in [0, 0.05) is 5.56 Å². The van der Waals surface area contributed by atoms with Crippen molar-refractivity contribution in [3.63, 3.8) is 0 Å². The van der Waals surface area contributed by atoms with E-state index in [2.05, 4.69) is 0 Å². The summed E-state index contributed by atoms with van der Waals surface area (Å²) < 4.78 is 71.7. The zero-order chi connectivity index (χ0) is 17.7. The molecule has 4 aromatic rings. The first-order valence-corrected chi connectivity index (χ1v) is 7.43. The van der Waals surface area contributed by atoms with Crippen molar-refractivity contribution in [2.45, 2.75) is 0 Å². The predicted octanol–water partition coefficient (Wildman–Crippen LogP) is 6.36. The molecule has 0 amide bonds. The molecule has 0 radical (unpaired) electrons. The minimum Gasteiger partial charge on any atom is -0.206 e. The van der Waals surface area contributed by atoms with Gasteiger partial charge in [-0.2, -0.15) is 0 Å². The maximum absolute atomic E-state index is 14.8. The van der Waals surface area contributed by atoms with Gasteiger partial charge in [-0.3, -0.25) is 0 Å². The monoisotopic (exact) mass is 344 g/mol. The number of rotatable bonds is 1. The molecule has 0 saturated heterocycles. The highest BCUT2D eigenvalue weighted by molar-refractivity contribution is 6.06. The Morgan fingerprint density at radius 3 is 2.00 bits per heavy atom.